The topological polar surface area (TPSA) is 119 Å². The van der Waals surface area contributed by atoms with Crippen molar-refractivity contribution >= 4 is 24.1 Å². The summed E-state index contributed by atoms with van der Waals surface area (Å²) in [5.41, 5.74) is -3.26. The molecule has 0 spiro atoms. The van der Waals surface area contributed by atoms with E-state index in [2.05, 4.69) is 9.89 Å². The van der Waals surface area contributed by atoms with Crippen molar-refractivity contribution in [2.24, 2.45) is 5.16 Å². The molecule has 0 saturated carbocycles. The predicted octanol–water partition coefficient (Wildman–Crippen LogP) is 0.0670. The van der Waals surface area contributed by atoms with Crippen molar-refractivity contribution in [2.45, 2.75) is 18.8 Å². The third kappa shape index (κ3) is 2.90. The van der Waals surface area contributed by atoms with Crippen LogP contribution in [0, 0.1) is 0 Å². The Bertz CT molecular complexity index is 602. The second-order valence-electron chi connectivity index (χ2n) is 4.10. The number of furan rings is 1. The molecule has 2 atom stereocenters. The molecule has 1 aromatic heterocycles. The Kier molecular flexibility index (Phi) is 4.39. The zero-order chi connectivity index (χ0) is 16.2. The van der Waals surface area contributed by atoms with Crippen LogP contribution in [0.1, 0.15) is 12.7 Å². The summed E-state index contributed by atoms with van der Waals surface area (Å²) in [6, 6.07) is 2.09. The Morgan fingerprint density at radius 2 is 2.36 bits per heavy atom. The lowest BCUT2D eigenvalue weighted by molar-refractivity contribution is -0.179. The van der Waals surface area contributed by atoms with Gasteiger partial charge in [0, 0.05) is 0 Å². The maximum atomic E-state index is 14.7. The molecular weight excluding hydrogens is 301 g/mol. The highest BCUT2D eigenvalue weighted by Crippen LogP contribution is 2.23. The Balaban J connectivity index is 2.17. The normalized spacial score (nSPS) is 24.7. The molecule has 1 aliphatic heterocycles. The van der Waals surface area contributed by atoms with E-state index in [1.807, 2.05) is 5.32 Å². The van der Waals surface area contributed by atoms with Gasteiger partial charge in [0.2, 0.25) is 0 Å². The number of carbonyl (C=O) groups excluding carboxylic acids is 3. The molecule has 10 heteroatoms. The van der Waals surface area contributed by atoms with E-state index in [0.717, 1.165) is 6.21 Å². The van der Waals surface area contributed by atoms with Crippen LogP contribution in [0.5, 0.6) is 0 Å². The highest BCUT2D eigenvalue weighted by atomic mass is 19.1. The van der Waals surface area contributed by atoms with Crippen LogP contribution < -0.4 is 10.6 Å². The van der Waals surface area contributed by atoms with Crippen LogP contribution in [0.15, 0.2) is 28.0 Å². The van der Waals surface area contributed by atoms with Crippen LogP contribution in [-0.4, -0.2) is 42.6 Å². The number of nitrogens with one attached hydrogen (secondary N) is 2. The van der Waals surface area contributed by atoms with Crippen LogP contribution in [-0.2, 0) is 19.2 Å². The third-order valence-electron chi connectivity index (χ3n) is 2.64. The van der Waals surface area contributed by atoms with Gasteiger partial charge in [-0.15, -0.1) is 0 Å². The lowest BCUT2D eigenvalue weighted by Crippen LogP contribution is -2.70. The maximum Gasteiger partial charge on any atom is 0.360 e. The van der Waals surface area contributed by atoms with Crippen molar-refractivity contribution in [2.75, 3.05) is 6.61 Å². The summed E-state index contributed by atoms with van der Waals surface area (Å²) in [6.07, 6.45) is 0.471. The van der Waals surface area contributed by atoms with E-state index < -0.39 is 29.8 Å². The van der Waals surface area contributed by atoms with E-state index in [-0.39, 0.29) is 12.4 Å². The Morgan fingerprint density at radius 1 is 1.59 bits per heavy atom. The predicted molar refractivity (Wildman–Crippen MR) is 68.3 cm³/mol. The molecule has 1 saturated heterocycles. The molecule has 2 rings (SSSR count). The number of nitrogens with zero attached hydrogens (tertiary/aromatic N) is 1. The molecule has 2 heterocycles. The van der Waals surface area contributed by atoms with E-state index in [1.165, 1.54) is 19.3 Å². The smallest absolute Gasteiger partial charge is 0.360 e. The second-order valence-corrected chi connectivity index (χ2v) is 4.10. The molecule has 1 aromatic rings. The first-order valence-corrected chi connectivity index (χ1v) is 6.19. The van der Waals surface area contributed by atoms with Crippen molar-refractivity contribution < 1.29 is 32.8 Å². The van der Waals surface area contributed by atoms with Crippen LogP contribution in [0.2, 0.25) is 0 Å². The zero-order valence-electron chi connectivity index (χ0n) is 11.4. The average molecular weight is 313 g/mol. The highest BCUT2D eigenvalue weighted by molar-refractivity contribution is 6.14. The summed E-state index contributed by atoms with van der Waals surface area (Å²) in [7, 11) is 0. The number of hydrogen-bond acceptors (Lipinski definition) is 7. The van der Waals surface area contributed by atoms with Crippen LogP contribution >= 0.6 is 0 Å². The number of esters is 1. The molecule has 0 bridgehead atoms. The van der Waals surface area contributed by atoms with Crippen molar-refractivity contribution in [3.63, 3.8) is 0 Å². The number of amides is 3. The van der Waals surface area contributed by atoms with Gasteiger partial charge in [-0.1, -0.05) is 5.16 Å². The maximum absolute atomic E-state index is 14.7. The molecule has 3 amide bonds. The number of halogens is 1. The van der Waals surface area contributed by atoms with Crippen molar-refractivity contribution in [3.8, 4) is 0 Å². The fourth-order valence-corrected chi connectivity index (χ4v) is 1.61. The summed E-state index contributed by atoms with van der Waals surface area (Å²) < 4.78 is 24.1. The molecule has 22 heavy (non-hydrogen) atoms. The first kappa shape index (κ1) is 15.5. The molecule has 0 radical (unpaired) electrons. The SMILES string of the molecule is CCOC(=O)[C@@]1(F)C(=O)NC(=O)N[C@@H]1O/N=C/c1ccco1. The molecule has 118 valence electrons. The van der Waals surface area contributed by atoms with Gasteiger partial charge in [0.05, 0.1) is 12.9 Å². The number of hydrogen-bond donors (Lipinski definition) is 2. The molecule has 9 nitrogen and oxygen atoms in total. The van der Waals surface area contributed by atoms with Gasteiger partial charge in [-0.05, 0) is 19.1 Å². The van der Waals surface area contributed by atoms with Gasteiger partial charge >= 0.3 is 17.7 Å². The Hall–Kier alpha value is -2.91. The van der Waals surface area contributed by atoms with E-state index in [1.54, 1.807) is 11.4 Å². The summed E-state index contributed by atoms with van der Waals surface area (Å²) in [4.78, 5) is 39.3. The van der Waals surface area contributed by atoms with Gasteiger partial charge in [-0.2, -0.15) is 0 Å². The molecular formula is C12H12FN3O6. The summed E-state index contributed by atoms with van der Waals surface area (Å²) in [6.45, 7) is 1.28. The zero-order valence-corrected chi connectivity index (χ0v) is 11.4. The van der Waals surface area contributed by atoms with Crippen LogP contribution in [0.25, 0.3) is 0 Å². The quantitative estimate of drug-likeness (QED) is 0.343. The fourth-order valence-electron chi connectivity index (χ4n) is 1.61. The Labute approximate surface area is 123 Å². The van der Waals surface area contributed by atoms with Gasteiger partial charge < -0.3 is 14.0 Å². The minimum atomic E-state index is -3.26. The number of urea groups is 1. The summed E-state index contributed by atoms with van der Waals surface area (Å²) in [5, 5.41) is 6.95. The molecule has 1 aliphatic rings. The van der Waals surface area contributed by atoms with Gasteiger partial charge in [0.15, 0.2) is 0 Å². The number of rotatable bonds is 5. The number of oxime groups is 1. The van der Waals surface area contributed by atoms with E-state index in [4.69, 9.17) is 9.25 Å². The lowest BCUT2D eigenvalue weighted by Gasteiger charge is -2.32. The largest absolute Gasteiger partial charge is 0.463 e. The van der Waals surface area contributed by atoms with Crippen LogP contribution in [0.3, 0.4) is 0 Å². The number of imide groups is 1. The number of ether oxygens (including phenoxy) is 1. The Morgan fingerprint density at radius 3 is 3.00 bits per heavy atom. The van der Waals surface area contributed by atoms with Gasteiger partial charge in [0.1, 0.15) is 12.0 Å². The molecule has 1 fully saturated rings. The monoisotopic (exact) mass is 313 g/mol. The third-order valence-corrected chi connectivity index (χ3v) is 2.64. The minimum Gasteiger partial charge on any atom is -0.463 e. The second kappa shape index (κ2) is 6.24. The van der Waals surface area contributed by atoms with Crippen molar-refractivity contribution in [3.05, 3.63) is 24.2 Å². The average Bonchev–Trinajstić information content (AvgIpc) is 2.97. The molecule has 0 aromatic carbocycles. The first-order valence-electron chi connectivity index (χ1n) is 6.19. The standard InChI is InChI=1S/C12H12FN3O6/c1-2-20-10(18)12(13)8(17)15-11(19)16-9(12)22-14-6-7-4-3-5-21-7/h3-6,9H,2H2,1H3,(H2,15,16,17,19)/b14-6+/t9-,12-/m1/s1. The van der Waals surface area contributed by atoms with Gasteiger partial charge in [-0.25, -0.2) is 14.0 Å². The van der Waals surface area contributed by atoms with Gasteiger partial charge in [-0.3, -0.25) is 15.4 Å². The van der Waals surface area contributed by atoms with E-state index >= 15 is 0 Å². The van der Waals surface area contributed by atoms with Crippen molar-refractivity contribution in [1.82, 2.24) is 10.6 Å². The number of alkyl halides is 1. The highest BCUT2D eigenvalue weighted by Gasteiger charge is 2.61. The molecule has 0 unspecified atom stereocenters. The fraction of sp³-hybridized carbons (Fsp3) is 0.333. The molecule has 0 aliphatic carbocycles. The van der Waals surface area contributed by atoms with Crippen LogP contribution in [0.4, 0.5) is 9.18 Å². The van der Waals surface area contributed by atoms with Gasteiger partial charge in [0.25, 0.3) is 12.1 Å². The van der Waals surface area contributed by atoms with Crippen molar-refractivity contribution in [1.29, 1.82) is 0 Å². The minimum absolute atomic E-state index is 0.159. The van der Waals surface area contributed by atoms with E-state index in [9.17, 15) is 18.8 Å². The number of carbonyl (C=O) groups is 3. The summed E-state index contributed by atoms with van der Waals surface area (Å²) >= 11 is 0. The first-order chi connectivity index (χ1) is 10.5. The summed E-state index contributed by atoms with van der Waals surface area (Å²) in [5.74, 6) is -2.70. The molecule has 2 N–H and O–H groups in total. The lowest BCUT2D eigenvalue weighted by atomic mass is 10.0. The van der Waals surface area contributed by atoms with E-state index in [0.29, 0.717) is 0 Å².